The van der Waals surface area contributed by atoms with E-state index in [2.05, 4.69) is 25.0 Å². The van der Waals surface area contributed by atoms with Gasteiger partial charge in [0.15, 0.2) is 0 Å². The Morgan fingerprint density at radius 3 is 2.80 bits per heavy atom. The average Bonchev–Trinajstić information content (AvgIpc) is 3.15. The molecule has 0 unspecified atom stereocenters. The summed E-state index contributed by atoms with van der Waals surface area (Å²) in [5.41, 5.74) is 1.00. The molecule has 10 heteroatoms. The van der Waals surface area contributed by atoms with Gasteiger partial charge in [0.05, 0.1) is 22.3 Å². The Kier molecular flexibility index (Phi) is 5.52. The van der Waals surface area contributed by atoms with E-state index in [4.69, 9.17) is 4.74 Å². The Hall–Kier alpha value is -2.85. The largest absolute Gasteiger partial charge is 0.487 e. The molecule has 1 atom stereocenters. The molecule has 2 heterocycles. The van der Waals surface area contributed by atoms with E-state index in [1.54, 1.807) is 6.07 Å². The van der Waals surface area contributed by atoms with Crippen LogP contribution in [0.3, 0.4) is 0 Å². The van der Waals surface area contributed by atoms with Gasteiger partial charge in [0.25, 0.3) is 0 Å². The molecule has 158 valence electrons. The minimum Gasteiger partial charge on any atom is -0.487 e. The first-order valence-corrected chi connectivity index (χ1v) is 11.7. The highest BCUT2D eigenvalue weighted by molar-refractivity contribution is 7.92. The van der Waals surface area contributed by atoms with Gasteiger partial charge in [0, 0.05) is 40.9 Å². The third-order valence-electron chi connectivity index (χ3n) is 4.51. The molecule has 30 heavy (non-hydrogen) atoms. The maximum absolute atomic E-state index is 14.9. The van der Waals surface area contributed by atoms with Crippen molar-refractivity contribution >= 4 is 37.8 Å². The Bertz CT molecular complexity index is 1210. The van der Waals surface area contributed by atoms with Crippen molar-refractivity contribution in [3.8, 4) is 5.75 Å². The fourth-order valence-electron chi connectivity index (χ4n) is 3.26. The van der Waals surface area contributed by atoms with Gasteiger partial charge in [-0.15, -0.1) is 0 Å². The van der Waals surface area contributed by atoms with Crippen molar-refractivity contribution in [1.82, 2.24) is 15.3 Å². The Balaban J connectivity index is 1.73. The molecular formula is C20H21F2N5O2S. The summed E-state index contributed by atoms with van der Waals surface area (Å²) in [6, 6.07) is 6.83. The summed E-state index contributed by atoms with van der Waals surface area (Å²) in [7, 11) is -2.45. The Labute approximate surface area is 173 Å². The molecule has 1 fully saturated rings. The molecule has 2 aromatic carbocycles. The number of rotatable bonds is 5. The lowest BCUT2D eigenvalue weighted by Gasteiger charge is -2.17. The maximum atomic E-state index is 14.9. The van der Waals surface area contributed by atoms with Crippen LogP contribution in [-0.2, 0) is 9.73 Å². The number of anilines is 2. The second kappa shape index (κ2) is 8.11. The number of aromatic nitrogens is 2. The lowest BCUT2D eigenvalue weighted by molar-refractivity contribution is 0.223. The fraction of sp³-hybridized carbons (Fsp3) is 0.300. The standard InChI is InChI=1S/C20H21F2N5O2S/c1-30(2,28)27-13-8-15(22)19-17(9-13)24-11-25-20(19)26-16-4-3-12(21)7-18(16)29-14-5-6-23-10-14/h3-4,7-9,11,14,23H,5-6,10H2,1-2H3,(H,24,25,26)/t14-/m1/s1. The van der Waals surface area contributed by atoms with Crippen LogP contribution >= 0.6 is 0 Å². The number of halogens is 2. The summed E-state index contributed by atoms with van der Waals surface area (Å²) in [6.45, 7) is 1.51. The summed E-state index contributed by atoms with van der Waals surface area (Å²) in [6.07, 6.45) is 4.96. The second-order valence-electron chi connectivity index (χ2n) is 7.31. The minimum absolute atomic E-state index is 0.0756. The first kappa shape index (κ1) is 20.4. The summed E-state index contributed by atoms with van der Waals surface area (Å²) in [5.74, 6) is -0.519. The molecule has 2 N–H and O–H groups in total. The van der Waals surface area contributed by atoms with Crippen LogP contribution in [0.5, 0.6) is 5.75 Å². The van der Waals surface area contributed by atoms with Crippen LogP contribution in [0.4, 0.5) is 26.0 Å². The number of fused-ring (bicyclic) bond motifs is 1. The van der Waals surface area contributed by atoms with E-state index in [1.807, 2.05) is 0 Å². The number of benzene rings is 2. The molecule has 0 bridgehead atoms. The van der Waals surface area contributed by atoms with E-state index in [0.29, 0.717) is 23.5 Å². The summed E-state index contributed by atoms with van der Waals surface area (Å²) < 4.78 is 50.6. The van der Waals surface area contributed by atoms with Crippen LogP contribution in [0, 0.1) is 11.6 Å². The molecular weight excluding hydrogens is 412 g/mol. The smallest absolute Gasteiger partial charge is 0.146 e. The third kappa shape index (κ3) is 4.65. The molecule has 0 amide bonds. The van der Waals surface area contributed by atoms with Crippen molar-refractivity contribution in [3.05, 3.63) is 48.3 Å². The monoisotopic (exact) mass is 433 g/mol. The van der Waals surface area contributed by atoms with Gasteiger partial charge in [-0.25, -0.2) is 23.0 Å². The highest BCUT2D eigenvalue weighted by Crippen LogP contribution is 2.34. The summed E-state index contributed by atoms with van der Waals surface area (Å²) in [5, 5.41) is 6.37. The van der Waals surface area contributed by atoms with Crippen molar-refractivity contribution in [1.29, 1.82) is 0 Å². The van der Waals surface area contributed by atoms with Gasteiger partial charge in [-0.2, -0.15) is 4.36 Å². The third-order valence-corrected chi connectivity index (χ3v) is 5.16. The molecule has 3 aromatic rings. The van der Waals surface area contributed by atoms with Gasteiger partial charge in [0.1, 0.15) is 35.6 Å². The summed E-state index contributed by atoms with van der Waals surface area (Å²) in [4.78, 5) is 8.26. The molecule has 0 aliphatic carbocycles. The lowest BCUT2D eigenvalue weighted by Crippen LogP contribution is -2.20. The van der Waals surface area contributed by atoms with E-state index in [0.717, 1.165) is 13.0 Å². The van der Waals surface area contributed by atoms with E-state index in [-0.39, 0.29) is 23.0 Å². The van der Waals surface area contributed by atoms with Gasteiger partial charge >= 0.3 is 0 Å². The van der Waals surface area contributed by atoms with Crippen LogP contribution in [0.1, 0.15) is 6.42 Å². The number of nitrogens with one attached hydrogen (secondary N) is 2. The van der Waals surface area contributed by atoms with Crippen molar-refractivity contribution in [3.63, 3.8) is 0 Å². The van der Waals surface area contributed by atoms with Gasteiger partial charge in [-0.05, 0) is 31.2 Å². The van der Waals surface area contributed by atoms with Crippen LogP contribution in [0.25, 0.3) is 10.9 Å². The molecule has 7 nitrogen and oxygen atoms in total. The van der Waals surface area contributed by atoms with Crippen LogP contribution in [-0.4, -0.2) is 45.9 Å². The number of nitrogens with zero attached hydrogens (tertiary/aromatic N) is 3. The molecule has 4 rings (SSSR count). The molecule has 1 aromatic heterocycles. The average molecular weight is 433 g/mol. The normalized spacial score (nSPS) is 16.6. The van der Waals surface area contributed by atoms with Crippen molar-refractivity contribution in [2.24, 2.45) is 4.36 Å². The Morgan fingerprint density at radius 2 is 2.07 bits per heavy atom. The lowest BCUT2D eigenvalue weighted by atomic mass is 10.2. The fourth-order valence-corrected chi connectivity index (χ4v) is 3.88. The molecule has 0 radical (unpaired) electrons. The molecule has 1 saturated heterocycles. The zero-order chi connectivity index (χ0) is 21.3. The van der Waals surface area contributed by atoms with Crippen molar-refractivity contribution in [2.45, 2.75) is 12.5 Å². The minimum atomic E-state index is -2.45. The van der Waals surface area contributed by atoms with Gasteiger partial charge in [-0.3, -0.25) is 0 Å². The van der Waals surface area contributed by atoms with Crippen molar-refractivity contribution < 1.29 is 17.7 Å². The number of hydrogen-bond acceptors (Lipinski definition) is 7. The molecule has 1 aliphatic rings. The zero-order valence-corrected chi connectivity index (χ0v) is 17.3. The van der Waals surface area contributed by atoms with Crippen LogP contribution in [0.15, 0.2) is 41.0 Å². The highest BCUT2D eigenvalue weighted by Gasteiger charge is 2.19. The van der Waals surface area contributed by atoms with E-state index < -0.39 is 21.4 Å². The SMILES string of the molecule is CS(C)(=O)=Nc1cc(F)c2c(Nc3ccc(F)cc3O[C@@H]3CCNC3)ncnc2c1. The predicted molar refractivity (Wildman–Crippen MR) is 113 cm³/mol. The first-order valence-electron chi connectivity index (χ1n) is 9.34. The van der Waals surface area contributed by atoms with E-state index in [1.165, 1.54) is 43.1 Å². The quantitative estimate of drug-likeness (QED) is 0.637. The number of hydrogen-bond donors (Lipinski definition) is 2. The highest BCUT2D eigenvalue weighted by atomic mass is 32.2. The zero-order valence-electron chi connectivity index (χ0n) is 16.5. The van der Waals surface area contributed by atoms with Gasteiger partial charge in [0.2, 0.25) is 0 Å². The summed E-state index contributed by atoms with van der Waals surface area (Å²) >= 11 is 0. The van der Waals surface area contributed by atoms with Gasteiger partial charge in [-0.1, -0.05) is 0 Å². The van der Waals surface area contributed by atoms with Gasteiger partial charge < -0.3 is 15.4 Å². The van der Waals surface area contributed by atoms with Crippen molar-refractivity contribution in [2.75, 3.05) is 30.9 Å². The maximum Gasteiger partial charge on any atom is 0.146 e. The van der Waals surface area contributed by atoms with E-state index in [9.17, 15) is 13.0 Å². The first-order chi connectivity index (χ1) is 14.3. The number of ether oxygens (including phenoxy) is 1. The second-order valence-corrected chi connectivity index (χ2v) is 9.86. The van der Waals surface area contributed by atoms with E-state index >= 15 is 0 Å². The Morgan fingerprint density at radius 1 is 1.23 bits per heavy atom. The molecule has 0 saturated carbocycles. The van der Waals surface area contributed by atoms with Crippen LogP contribution in [0.2, 0.25) is 0 Å². The molecule has 0 spiro atoms. The molecule has 1 aliphatic heterocycles. The topological polar surface area (TPSA) is 88.5 Å². The van der Waals surface area contributed by atoms with Crippen LogP contribution < -0.4 is 15.4 Å². The predicted octanol–water partition coefficient (Wildman–Crippen LogP) is 3.75.